The van der Waals surface area contributed by atoms with Gasteiger partial charge in [-0.2, -0.15) is 0 Å². The second kappa shape index (κ2) is 10.8. The lowest BCUT2D eigenvalue weighted by molar-refractivity contribution is 0.151. The molecule has 1 atom stereocenters. The quantitative estimate of drug-likeness (QED) is 0.275. The second-order valence-electron chi connectivity index (χ2n) is 10.7. The van der Waals surface area contributed by atoms with E-state index in [1.807, 2.05) is 43.3 Å². The van der Waals surface area contributed by atoms with Crippen molar-refractivity contribution in [3.63, 3.8) is 0 Å². The normalized spacial score (nSPS) is 22.3. The molecule has 0 bridgehead atoms. The summed E-state index contributed by atoms with van der Waals surface area (Å²) >= 11 is 0. The first-order chi connectivity index (χ1) is 17.6. The lowest BCUT2D eigenvalue weighted by Gasteiger charge is -2.41. The Hall–Kier alpha value is -3.54. The summed E-state index contributed by atoms with van der Waals surface area (Å²) in [6, 6.07) is 16.6. The zero-order valence-corrected chi connectivity index (χ0v) is 21.9. The summed E-state index contributed by atoms with van der Waals surface area (Å²) < 4.78 is 28.0. The van der Waals surface area contributed by atoms with Crippen LogP contribution in [0.3, 0.4) is 0 Å². The molecule has 6 heteroatoms. The Balaban J connectivity index is 1.69. The summed E-state index contributed by atoms with van der Waals surface area (Å²) in [6.07, 6.45) is 8.70. The molecule has 194 valence electrons. The molecule has 37 heavy (non-hydrogen) atoms. The average Bonchev–Trinajstić information content (AvgIpc) is 3.01. The molecule has 0 amide bonds. The molecule has 3 aromatic rings. The fourth-order valence-corrected chi connectivity index (χ4v) is 5.06. The standard InChI is InChI=1S/C31H36F2N4/c1-5-30(3)14-16-31(4,17-15-30)29-36-27(13-18-35-19-20-37(29)34)24-11-9-23(10-12-24)22(2)25-7-6-8-26(21-25)28(32)33/h5-13,18-22,28H,1,14-17,34H2,2-4H3. The van der Waals surface area contributed by atoms with Gasteiger partial charge in [-0.05, 0) is 54.4 Å². The molecule has 4 nitrogen and oxygen atoms in total. The van der Waals surface area contributed by atoms with Gasteiger partial charge < -0.3 is 5.84 Å². The zero-order chi connectivity index (χ0) is 26.6. The van der Waals surface area contributed by atoms with Crippen molar-refractivity contribution in [3.05, 3.63) is 108 Å². The number of alkyl halides is 2. The van der Waals surface area contributed by atoms with Crippen LogP contribution >= 0.6 is 0 Å². The summed E-state index contributed by atoms with van der Waals surface area (Å²) in [5.74, 6) is 7.27. The summed E-state index contributed by atoms with van der Waals surface area (Å²) in [5.41, 5.74) is 3.61. The van der Waals surface area contributed by atoms with Gasteiger partial charge in [0, 0.05) is 41.1 Å². The number of benzene rings is 2. The fourth-order valence-electron chi connectivity index (χ4n) is 5.06. The van der Waals surface area contributed by atoms with Gasteiger partial charge in [-0.25, -0.2) is 13.8 Å². The van der Waals surface area contributed by atoms with Crippen LogP contribution in [0.2, 0.25) is 0 Å². The Kier molecular flexibility index (Phi) is 7.76. The molecule has 1 unspecified atom stereocenters. The van der Waals surface area contributed by atoms with E-state index in [-0.39, 0.29) is 22.3 Å². The molecule has 0 radical (unpaired) electrons. The predicted molar refractivity (Wildman–Crippen MR) is 146 cm³/mol. The minimum atomic E-state index is -2.48. The maximum atomic E-state index is 13.2. The number of nitrogens with two attached hydrogens (primary N) is 1. The van der Waals surface area contributed by atoms with E-state index < -0.39 is 6.43 Å². The average molecular weight is 503 g/mol. The number of nitrogens with zero attached hydrogens (tertiary/aromatic N) is 3. The third kappa shape index (κ3) is 5.90. The Morgan fingerprint density at radius 3 is 2.27 bits per heavy atom. The van der Waals surface area contributed by atoms with Crippen LogP contribution in [0.1, 0.15) is 81.3 Å². The molecule has 2 N–H and O–H groups in total. The highest BCUT2D eigenvalue weighted by Gasteiger charge is 2.39. The maximum absolute atomic E-state index is 13.2. The van der Waals surface area contributed by atoms with Gasteiger partial charge in [-0.1, -0.05) is 69.3 Å². The zero-order valence-electron chi connectivity index (χ0n) is 21.9. The van der Waals surface area contributed by atoms with E-state index in [4.69, 9.17) is 10.8 Å². The number of nitrogen functional groups attached to an aromatic ring is 1. The molecule has 1 aliphatic carbocycles. The third-order valence-corrected chi connectivity index (χ3v) is 8.00. The second-order valence-corrected chi connectivity index (χ2v) is 10.7. The van der Waals surface area contributed by atoms with E-state index in [2.05, 4.69) is 31.5 Å². The van der Waals surface area contributed by atoms with Crippen molar-refractivity contribution in [2.24, 2.45) is 5.41 Å². The minimum absolute atomic E-state index is 0.0214. The van der Waals surface area contributed by atoms with Crippen molar-refractivity contribution < 1.29 is 8.78 Å². The van der Waals surface area contributed by atoms with Crippen LogP contribution in [-0.4, -0.2) is 14.6 Å². The van der Waals surface area contributed by atoms with Crippen LogP contribution in [0, 0.1) is 5.41 Å². The van der Waals surface area contributed by atoms with E-state index in [0.717, 1.165) is 53.9 Å². The lowest BCUT2D eigenvalue weighted by Crippen LogP contribution is -2.37. The monoisotopic (exact) mass is 502 g/mol. The first-order valence-corrected chi connectivity index (χ1v) is 12.8. The first kappa shape index (κ1) is 26.5. The largest absolute Gasteiger partial charge is 0.338 e. The third-order valence-electron chi connectivity index (χ3n) is 8.00. The van der Waals surface area contributed by atoms with Crippen molar-refractivity contribution in [1.29, 1.82) is 0 Å². The molecule has 0 spiro atoms. The molecule has 1 fully saturated rings. The van der Waals surface area contributed by atoms with Crippen LogP contribution in [0.25, 0.3) is 11.3 Å². The Labute approximate surface area is 218 Å². The fraction of sp³-hybridized carbons (Fsp3) is 0.355. The molecule has 0 aliphatic heterocycles. The molecule has 1 aliphatic rings. The number of halogens is 2. The van der Waals surface area contributed by atoms with Crippen LogP contribution < -0.4 is 5.84 Å². The van der Waals surface area contributed by atoms with Crippen molar-refractivity contribution in [2.45, 2.75) is 64.2 Å². The molecular formula is C31H36F2N4. The molecule has 1 aromatic heterocycles. The van der Waals surface area contributed by atoms with E-state index >= 15 is 0 Å². The molecular weight excluding hydrogens is 466 g/mol. The van der Waals surface area contributed by atoms with Gasteiger partial charge in [0.1, 0.15) is 5.82 Å². The maximum Gasteiger partial charge on any atom is 0.263 e. The number of aromatic nitrogens is 3. The summed E-state index contributed by atoms with van der Waals surface area (Å²) in [4.78, 5) is 9.42. The molecule has 0 saturated heterocycles. The molecule has 1 heterocycles. The number of hydrogen-bond donors (Lipinski definition) is 1. The topological polar surface area (TPSA) is 56.7 Å². The molecule has 2 aromatic carbocycles. The number of rotatable bonds is 6. The Morgan fingerprint density at radius 2 is 1.62 bits per heavy atom. The lowest BCUT2D eigenvalue weighted by atomic mass is 9.65. The Bertz CT molecular complexity index is 1290. The number of hydrogen-bond acceptors (Lipinski definition) is 3. The predicted octanol–water partition coefficient (Wildman–Crippen LogP) is 7.90. The molecule has 4 rings (SSSR count). The van der Waals surface area contributed by atoms with Crippen molar-refractivity contribution in [2.75, 3.05) is 5.84 Å². The van der Waals surface area contributed by atoms with Crippen molar-refractivity contribution >= 4 is 0 Å². The van der Waals surface area contributed by atoms with Crippen molar-refractivity contribution in [1.82, 2.24) is 14.6 Å². The van der Waals surface area contributed by atoms with Gasteiger partial charge >= 0.3 is 0 Å². The highest BCUT2D eigenvalue weighted by Crippen LogP contribution is 2.46. The van der Waals surface area contributed by atoms with Gasteiger partial charge in [0.05, 0.1) is 5.69 Å². The van der Waals surface area contributed by atoms with Crippen LogP contribution in [0.15, 0.2) is 85.8 Å². The van der Waals surface area contributed by atoms with Crippen LogP contribution in [-0.2, 0) is 5.41 Å². The smallest absolute Gasteiger partial charge is 0.263 e. The van der Waals surface area contributed by atoms with E-state index in [1.165, 1.54) is 6.07 Å². The summed E-state index contributed by atoms with van der Waals surface area (Å²) in [7, 11) is 0. The molecule has 1 saturated carbocycles. The summed E-state index contributed by atoms with van der Waals surface area (Å²) in [6.45, 7) is 10.6. The van der Waals surface area contributed by atoms with E-state index in [1.54, 1.807) is 35.4 Å². The first-order valence-electron chi connectivity index (χ1n) is 12.8. The summed E-state index contributed by atoms with van der Waals surface area (Å²) in [5, 5.41) is 0. The highest BCUT2D eigenvalue weighted by molar-refractivity contribution is 5.59. The SMILES string of the molecule is C=CC1(C)CCC(C)(c2nc(-c3ccc(C(C)c4cccc(C(F)F)c4)cc3)ccnccn2N)CC1. The Morgan fingerprint density at radius 1 is 0.946 bits per heavy atom. The highest BCUT2D eigenvalue weighted by atomic mass is 19.3. The van der Waals surface area contributed by atoms with Gasteiger partial charge in [0.2, 0.25) is 0 Å². The van der Waals surface area contributed by atoms with E-state index in [0.29, 0.717) is 0 Å². The van der Waals surface area contributed by atoms with Crippen molar-refractivity contribution in [3.8, 4) is 11.3 Å². The van der Waals surface area contributed by atoms with Gasteiger partial charge in [-0.15, -0.1) is 6.58 Å². The van der Waals surface area contributed by atoms with Gasteiger partial charge in [0.25, 0.3) is 6.43 Å². The minimum Gasteiger partial charge on any atom is -0.338 e. The van der Waals surface area contributed by atoms with Gasteiger partial charge in [-0.3, -0.25) is 9.66 Å². The van der Waals surface area contributed by atoms with E-state index in [9.17, 15) is 8.78 Å². The van der Waals surface area contributed by atoms with Gasteiger partial charge in [0.15, 0.2) is 0 Å². The van der Waals surface area contributed by atoms with Crippen LogP contribution in [0.5, 0.6) is 0 Å². The number of allylic oxidation sites excluding steroid dienone is 1. The van der Waals surface area contributed by atoms with Crippen LogP contribution in [0.4, 0.5) is 8.78 Å².